The van der Waals surface area contributed by atoms with Crippen LogP contribution in [0.1, 0.15) is 5.56 Å². The lowest BCUT2D eigenvalue weighted by molar-refractivity contribution is 0.863. The summed E-state index contributed by atoms with van der Waals surface area (Å²) in [6, 6.07) is 11.7. The number of nitrogens with one attached hydrogen (secondary N) is 1. The van der Waals surface area contributed by atoms with Gasteiger partial charge in [0.15, 0.2) is 0 Å². The SMILES string of the molecule is Clc1nccc(NCc2ccccc2-n2cccn2)n1. The Morgan fingerprint density at radius 2 is 2.00 bits per heavy atom. The average molecular weight is 286 g/mol. The highest BCUT2D eigenvalue weighted by Gasteiger charge is 2.04. The second-order valence-corrected chi connectivity index (χ2v) is 4.48. The summed E-state index contributed by atoms with van der Waals surface area (Å²) in [5, 5.41) is 7.72. The molecule has 0 spiro atoms. The molecule has 0 atom stereocenters. The summed E-state index contributed by atoms with van der Waals surface area (Å²) >= 11 is 5.76. The van der Waals surface area contributed by atoms with E-state index >= 15 is 0 Å². The van der Waals surface area contributed by atoms with Crippen molar-refractivity contribution in [1.29, 1.82) is 0 Å². The molecule has 0 aliphatic heterocycles. The number of anilines is 1. The standard InChI is InChI=1S/C14H12ClN5/c15-14-16-8-6-13(19-14)17-10-11-4-1-2-5-12(11)20-9-3-7-18-20/h1-9H,10H2,(H,16,17,19). The molecule has 1 N–H and O–H groups in total. The fourth-order valence-electron chi connectivity index (χ4n) is 1.91. The molecule has 0 unspecified atom stereocenters. The molecular formula is C14H12ClN5. The Morgan fingerprint density at radius 1 is 1.10 bits per heavy atom. The monoisotopic (exact) mass is 285 g/mol. The quantitative estimate of drug-likeness (QED) is 0.749. The highest BCUT2D eigenvalue weighted by atomic mass is 35.5. The second kappa shape index (κ2) is 5.71. The van der Waals surface area contributed by atoms with Gasteiger partial charge < -0.3 is 5.32 Å². The van der Waals surface area contributed by atoms with Crippen LogP contribution in [-0.4, -0.2) is 19.7 Å². The first-order chi connectivity index (χ1) is 9.83. The van der Waals surface area contributed by atoms with E-state index in [4.69, 9.17) is 11.6 Å². The smallest absolute Gasteiger partial charge is 0.224 e. The summed E-state index contributed by atoms with van der Waals surface area (Å²) in [7, 11) is 0. The van der Waals surface area contributed by atoms with Crippen molar-refractivity contribution in [3.63, 3.8) is 0 Å². The number of hydrogen-bond acceptors (Lipinski definition) is 4. The topological polar surface area (TPSA) is 55.6 Å². The molecule has 20 heavy (non-hydrogen) atoms. The number of halogens is 1. The molecule has 6 heteroatoms. The summed E-state index contributed by atoms with van der Waals surface area (Å²) < 4.78 is 1.84. The number of benzene rings is 1. The van der Waals surface area contributed by atoms with Gasteiger partial charge in [-0.25, -0.2) is 14.6 Å². The fourth-order valence-corrected chi connectivity index (χ4v) is 2.06. The van der Waals surface area contributed by atoms with Crippen molar-refractivity contribution < 1.29 is 0 Å². The maximum atomic E-state index is 5.76. The van der Waals surface area contributed by atoms with E-state index in [9.17, 15) is 0 Å². The third-order valence-corrected chi connectivity index (χ3v) is 3.01. The molecule has 2 aromatic heterocycles. The van der Waals surface area contributed by atoms with Gasteiger partial charge in [0.2, 0.25) is 5.28 Å². The van der Waals surface area contributed by atoms with Gasteiger partial charge in [-0.2, -0.15) is 5.10 Å². The van der Waals surface area contributed by atoms with Crippen molar-refractivity contribution in [3.05, 3.63) is 65.8 Å². The largest absolute Gasteiger partial charge is 0.366 e. The maximum absolute atomic E-state index is 5.76. The Kier molecular flexibility index (Phi) is 3.60. The van der Waals surface area contributed by atoms with Crippen molar-refractivity contribution in [1.82, 2.24) is 19.7 Å². The molecule has 0 saturated heterocycles. The Hall–Kier alpha value is -2.40. The van der Waals surface area contributed by atoms with Crippen LogP contribution in [0.4, 0.5) is 5.82 Å². The van der Waals surface area contributed by atoms with Gasteiger partial charge >= 0.3 is 0 Å². The van der Waals surface area contributed by atoms with E-state index in [1.807, 2.05) is 41.2 Å². The molecule has 0 aliphatic carbocycles. The number of nitrogens with zero attached hydrogens (tertiary/aromatic N) is 4. The molecular weight excluding hydrogens is 274 g/mol. The van der Waals surface area contributed by atoms with E-state index in [0.717, 1.165) is 11.3 Å². The van der Waals surface area contributed by atoms with Gasteiger partial charge in [0.05, 0.1) is 5.69 Å². The summed E-state index contributed by atoms with van der Waals surface area (Å²) in [5.74, 6) is 0.695. The Bertz CT molecular complexity index is 696. The molecule has 0 bridgehead atoms. The molecule has 2 heterocycles. The summed E-state index contributed by atoms with van der Waals surface area (Å²) in [5.41, 5.74) is 2.15. The van der Waals surface area contributed by atoms with Crippen LogP contribution >= 0.6 is 11.6 Å². The zero-order valence-electron chi connectivity index (χ0n) is 10.6. The third-order valence-electron chi connectivity index (χ3n) is 2.83. The van der Waals surface area contributed by atoms with E-state index in [1.165, 1.54) is 0 Å². The van der Waals surface area contributed by atoms with Crippen LogP contribution in [0.3, 0.4) is 0 Å². The maximum Gasteiger partial charge on any atom is 0.224 e. The fraction of sp³-hybridized carbons (Fsp3) is 0.0714. The van der Waals surface area contributed by atoms with Crippen molar-refractivity contribution in [2.45, 2.75) is 6.54 Å². The minimum absolute atomic E-state index is 0.232. The van der Waals surface area contributed by atoms with Gasteiger partial charge in [-0.1, -0.05) is 18.2 Å². The first-order valence-electron chi connectivity index (χ1n) is 6.13. The zero-order valence-corrected chi connectivity index (χ0v) is 11.3. The van der Waals surface area contributed by atoms with Crippen LogP contribution in [0.5, 0.6) is 0 Å². The van der Waals surface area contributed by atoms with Gasteiger partial charge in [0.25, 0.3) is 0 Å². The van der Waals surface area contributed by atoms with Gasteiger partial charge in [0, 0.05) is 25.1 Å². The van der Waals surface area contributed by atoms with E-state index in [-0.39, 0.29) is 5.28 Å². The molecule has 5 nitrogen and oxygen atoms in total. The lowest BCUT2D eigenvalue weighted by atomic mass is 10.2. The predicted molar refractivity (Wildman–Crippen MR) is 77.9 cm³/mol. The second-order valence-electron chi connectivity index (χ2n) is 4.14. The molecule has 3 rings (SSSR count). The van der Waals surface area contributed by atoms with Gasteiger partial charge in [-0.05, 0) is 35.4 Å². The number of aromatic nitrogens is 4. The van der Waals surface area contributed by atoms with Crippen molar-refractivity contribution in [3.8, 4) is 5.69 Å². The highest BCUT2D eigenvalue weighted by molar-refractivity contribution is 6.28. The van der Waals surface area contributed by atoms with Crippen LogP contribution in [0.2, 0.25) is 5.28 Å². The Morgan fingerprint density at radius 3 is 2.80 bits per heavy atom. The molecule has 0 fully saturated rings. The predicted octanol–water partition coefficient (Wildman–Crippen LogP) is 2.93. The lowest BCUT2D eigenvalue weighted by Gasteiger charge is -2.11. The van der Waals surface area contributed by atoms with E-state index in [0.29, 0.717) is 12.4 Å². The minimum atomic E-state index is 0.232. The summed E-state index contributed by atoms with van der Waals surface area (Å²) in [6.45, 7) is 0.628. The first-order valence-corrected chi connectivity index (χ1v) is 6.51. The Balaban J connectivity index is 1.81. The summed E-state index contributed by atoms with van der Waals surface area (Å²) in [4.78, 5) is 7.95. The lowest BCUT2D eigenvalue weighted by Crippen LogP contribution is -2.06. The third kappa shape index (κ3) is 2.78. The molecule has 100 valence electrons. The molecule has 0 amide bonds. The van der Waals surface area contributed by atoms with Crippen molar-refractivity contribution >= 4 is 17.4 Å². The van der Waals surface area contributed by atoms with Crippen molar-refractivity contribution in [2.24, 2.45) is 0 Å². The van der Waals surface area contributed by atoms with Crippen LogP contribution in [-0.2, 0) is 6.54 Å². The molecule has 1 aromatic carbocycles. The molecule has 0 radical (unpaired) electrons. The Labute approximate surface area is 121 Å². The van der Waals surface area contributed by atoms with Crippen LogP contribution in [0, 0.1) is 0 Å². The average Bonchev–Trinajstić information content (AvgIpc) is 3.00. The molecule has 3 aromatic rings. The minimum Gasteiger partial charge on any atom is -0.366 e. The molecule has 0 saturated carbocycles. The number of hydrogen-bond donors (Lipinski definition) is 1. The van der Waals surface area contributed by atoms with E-state index < -0.39 is 0 Å². The molecule has 0 aliphatic rings. The number of rotatable bonds is 4. The van der Waals surface area contributed by atoms with Gasteiger partial charge in [-0.15, -0.1) is 0 Å². The van der Waals surface area contributed by atoms with Crippen LogP contribution < -0.4 is 5.32 Å². The van der Waals surface area contributed by atoms with Crippen LogP contribution in [0.25, 0.3) is 5.69 Å². The van der Waals surface area contributed by atoms with E-state index in [2.05, 4.69) is 20.4 Å². The zero-order chi connectivity index (χ0) is 13.8. The summed E-state index contributed by atoms with van der Waals surface area (Å²) in [6.07, 6.45) is 5.30. The van der Waals surface area contributed by atoms with Gasteiger partial charge in [0.1, 0.15) is 5.82 Å². The first kappa shape index (κ1) is 12.6. The van der Waals surface area contributed by atoms with Crippen molar-refractivity contribution in [2.75, 3.05) is 5.32 Å². The van der Waals surface area contributed by atoms with E-state index in [1.54, 1.807) is 18.5 Å². The number of para-hydroxylation sites is 1. The van der Waals surface area contributed by atoms with Gasteiger partial charge in [-0.3, -0.25) is 0 Å². The highest BCUT2D eigenvalue weighted by Crippen LogP contribution is 2.15. The normalized spacial score (nSPS) is 10.4. The van der Waals surface area contributed by atoms with Crippen LogP contribution in [0.15, 0.2) is 55.0 Å².